The van der Waals surface area contributed by atoms with Crippen LogP contribution >= 0.6 is 0 Å². The molecule has 0 unspecified atom stereocenters. The van der Waals surface area contributed by atoms with Gasteiger partial charge in [-0.3, -0.25) is 9.59 Å². The van der Waals surface area contributed by atoms with Crippen LogP contribution < -0.4 is 10.6 Å². The molecule has 0 fully saturated rings. The molecule has 5 rings (SSSR count). The number of aryl methyl sites for hydroxylation is 2. The Balaban J connectivity index is 1.31. The van der Waals surface area contributed by atoms with Gasteiger partial charge in [-0.1, -0.05) is 102 Å². The fraction of sp³-hybridized carbons (Fsp3) is 0.381. The van der Waals surface area contributed by atoms with Crippen molar-refractivity contribution >= 4 is 34.3 Å². The first-order chi connectivity index (χ1) is 23.4. The first kappa shape index (κ1) is 34.7. The van der Waals surface area contributed by atoms with Crippen LogP contribution in [0.1, 0.15) is 134 Å². The van der Waals surface area contributed by atoms with Gasteiger partial charge in [-0.2, -0.15) is 0 Å². The molecule has 6 heteroatoms. The lowest BCUT2D eigenvalue weighted by Gasteiger charge is -2.24. The highest BCUT2D eigenvalue weighted by molar-refractivity contribution is 6.33. The van der Waals surface area contributed by atoms with Gasteiger partial charge in [0, 0.05) is 11.4 Å². The van der Waals surface area contributed by atoms with E-state index in [1.54, 1.807) is 12.1 Å². The minimum absolute atomic E-state index is 0.0511. The number of phenols is 2. The van der Waals surface area contributed by atoms with Crippen molar-refractivity contribution in [2.75, 3.05) is 10.6 Å². The Morgan fingerprint density at radius 3 is 1.17 bits per heavy atom. The number of carbonyl (C=O) groups excluding carboxylic acids is 2. The van der Waals surface area contributed by atoms with Gasteiger partial charge in [-0.25, -0.2) is 0 Å². The molecule has 0 radical (unpaired) electrons. The van der Waals surface area contributed by atoms with Gasteiger partial charge in [0.25, 0.3) is 0 Å². The van der Waals surface area contributed by atoms with Crippen LogP contribution in [0.2, 0.25) is 0 Å². The Bertz CT molecular complexity index is 1570. The Kier molecular flexibility index (Phi) is 12.3. The molecule has 0 heterocycles. The van der Waals surface area contributed by atoms with Gasteiger partial charge in [-0.15, -0.1) is 0 Å². The summed E-state index contributed by atoms with van der Waals surface area (Å²) in [5.41, 5.74) is 4.79. The second-order valence-electron chi connectivity index (χ2n) is 13.1. The van der Waals surface area contributed by atoms with Crippen molar-refractivity contribution in [1.29, 1.82) is 0 Å². The first-order valence-corrected chi connectivity index (χ1v) is 17.9. The molecule has 0 bridgehead atoms. The first-order valence-electron chi connectivity index (χ1n) is 17.9. The molecule has 1 aliphatic carbocycles. The third kappa shape index (κ3) is 8.46. The van der Waals surface area contributed by atoms with Crippen LogP contribution in [0.25, 0.3) is 0 Å². The average Bonchev–Trinajstić information content (AvgIpc) is 3.09. The number of nitrogens with one attached hydrogen (secondary N) is 2. The number of benzene rings is 4. The van der Waals surface area contributed by atoms with Crippen LogP contribution in [-0.4, -0.2) is 21.8 Å². The summed E-state index contributed by atoms with van der Waals surface area (Å²) in [5, 5.41) is 28.3. The maximum Gasteiger partial charge on any atom is 0.200 e. The van der Waals surface area contributed by atoms with Gasteiger partial charge in [0.05, 0.1) is 33.6 Å². The molecule has 0 saturated heterocycles. The summed E-state index contributed by atoms with van der Waals surface area (Å²) < 4.78 is 0. The van der Waals surface area contributed by atoms with Crippen molar-refractivity contribution in [3.05, 3.63) is 106 Å². The molecule has 1 aliphatic rings. The summed E-state index contributed by atoms with van der Waals surface area (Å²) >= 11 is 0. The highest BCUT2D eigenvalue weighted by Crippen LogP contribution is 2.43. The maximum absolute atomic E-state index is 14.0. The van der Waals surface area contributed by atoms with Crippen LogP contribution in [0.15, 0.2) is 72.8 Å². The van der Waals surface area contributed by atoms with E-state index in [0.717, 1.165) is 37.1 Å². The van der Waals surface area contributed by atoms with E-state index in [2.05, 4.69) is 48.7 Å². The largest absolute Gasteiger partial charge is 0.507 e. The smallest absolute Gasteiger partial charge is 0.200 e. The quantitative estimate of drug-likeness (QED) is 0.0558. The van der Waals surface area contributed by atoms with E-state index in [9.17, 15) is 19.8 Å². The van der Waals surface area contributed by atoms with Crippen molar-refractivity contribution in [2.24, 2.45) is 0 Å². The number of ketones is 2. The minimum atomic E-state index is -0.520. The second kappa shape index (κ2) is 17.0. The van der Waals surface area contributed by atoms with E-state index in [1.165, 1.54) is 87.5 Å². The molecule has 0 amide bonds. The molecule has 48 heavy (non-hydrogen) atoms. The van der Waals surface area contributed by atoms with E-state index >= 15 is 0 Å². The van der Waals surface area contributed by atoms with Crippen molar-refractivity contribution in [1.82, 2.24) is 0 Å². The molecule has 6 nitrogen and oxygen atoms in total. The number of unbranched alkanes of at least 4 members (excludes halogenated alkanes) is 10. The van der Waals surface area contributed by atoms with E-state index in [4.69, 9.17) is 0 Å². The molecule has 0 aliphatic heterocycles. The normalized spacial score (nSPS) is 12.1. The highest BCUT2D eigenvalue weighted by Gasteiger charge is 2.38. The van der Waals surface area contributed by atoms with Crippen molar-refractivity contribution in [3.63, 3.8) is 0 Å². The zero-order valence-corrected chi connectivity index (χ0v) is 28.5. The fourth-order valence-electron chi connectivity index (χ4n) is 6.61. The van der Waals surface area contributed by atoms with E-state index < -0.39 is 11.6 Å². The van der Waals surface area contributed by atoms with Crippen LogP contribution in [0.3, 0.4) is 0 Å². The Morgan fingerprint density at radius 1 is 0.438 bits per heavy atom. The van der Waals surface area contributed by atoms with Crippen LogP contribution in [0, 0.1) is 0 Å². The van der Waals surface area contributed by atoms with E-state index in [-0.39, 0.29) is 33.8 Å². The van der Waals surface area contributed by atoms with Crippen molar-refractivity contribution < 1.29 is 19.8 Å². The molecular formula is C42H50N2O4. The standard InChI is InChI=1S/C42H50N2O4/c1-3-5-7-9-11-13-15-29-17-21-31(22-18-29)43-33-25-27-35(45)39-37(33)41(47)40-36(46)28-26-34(38(40)42(39)48)44-32-23-19-30(20-24-32)16-14-12-10-8-6-4-2/h17-28,43-46H,3-16H2,1-2H3. The van der Waals surface area contributed by atoms with E-state index in [1.807, 2.05) is 24.3 Å². The number of phenolic OH excluding ortho intramolecular Hbond substituents is 2. The summed E-state index contributed by atoms with van der Waals surface area (Å²) in [7, 11) is 0. The summed E-state index contributed by atoms with van der Waals surface area (Å²) in [6.07, 6.45) is 17.0. The van der Waals surface area contributed by atoms with Crippen LogP contribution in [0.4, 0.5) is 22.7 Å². The number of anilines is 4. The zero-order valence-electron chi connectivity index (χ0n) is 28.5. The molecule has 0 aromatic heterocycles. The summed E-state index contributed by atoms with van der Waals surface area (Å²) in [5.74, 6) is -1.59. The van der Waals surface area contributed by atoms with E-state index in [0.29, 0.717) is 11.4 Å². The predicted octanol–water partition coefficient (Wildman–Crippen LogP) is 11.2. The topological polar surface area (TPSA) is 98.7 Å². The monoisotopic (exact) mass is 646 g/mol. The lowest BCUT2D eigenvalue weighted by atomic mass is 9.81. The lowest BCUT2D eigenvalue weighted by molar-refractivity contribution is 0.0975. The van der Waals surface area contributed by atoms with Gasteiger partial charge in [0.15, 0.2) is 0 Å². The molecule has 0 atom stereocenters. The van der Waals surface area contributed by atoms with Gasteiger partial charge < -0.3 is 20.8 Å². The number of carbonyl (C=O) groups is 2. The van der Waals surface area contributed by atoms with Gasteiger partial charge in [-0.05, 0) is 85.3 Å². The van der Waals surface area contributed by atoms with Crippen molar-refractivity contribution in [2.45, 2.75) is 104 Å². The van der Waals surface area contributed by atoms with Gasteiger partial charge >= 0.3 is 0 Å². The lowest BCUT2D eigenvalue weighted by Crippen LogP contribution is -2.23. The third-order valence-corrected chi connectivity index (χ3v) is 9.38. The number of hydrogen-bond acceptors (Lipinski definition) is 6. The summed E-state index contributed by atoms with van der Waals surface area (Å²) in [4.78, 5) is 28.1. The number of rotatable bonds is 18. The zero-order chi connectivity index (χ0) is 33.9. The molecule has 0 spiro atoms. The van der Waals surface area contributed by atoms with Gasteiger partial charge in [0.2, 0.25) is 11.6 Å². The predicted molar refractivity (Wildman–Crippen MR) is 197 cm³/mol. The second-order valence-corrected chi connectivity index (χ2v) is 13.1. The molecular weight excluding hydrogens is 596 g/mol. The maximum atomic E-state index is 14.0. The van der Waals surface area contributed by atoms with Crippen LogP contribution in [0.5, 0.6) is 11.5 Å². The molecule has 4 N–H and O–H groups in total. The fourth-order valence-corrected chi connectivity index (χ4v) is 6.61. The van der Waals surface area contributed by atoms with Gasteiger partial charge in [0.1, 0.15) is 11.5 Å². The average molecular weight is 647 g/mol. The SMILES string of the molecule is CCCCCCCCc1ccc(Nc2ccc(O)c3c2C(=O)c2c(O)ccc(Nc4ccc(CCCCCCCC)cc4)c2C3=O)cc1. The Hall–Kier alpha value is -4.58. The number of aromatic hydroxyl groups is 2. The molecule has 4 aromatic carbocycles. The van der Waals surface area contributed by atoms with Crippen molar-refractivity contribution in [3.8, 4) is 11.5 Å². The number of hydrogen-bond donors (Lipinski definition) is 4. The Labute approximate surface area is 285 Å². The minimum Gasteiger partial charge on any atom is -0.507 e. The van der Waals surface area contributed by atoms with Crippen LogP contribution in [-0.2, 0) is 12.8 Å². The highest BCUT2D eigenvalue weighted by atomic mass is 16.3. The summed E-state index contributed by atoms with van der Waals surface area (Å²) in [6, 6.07) is 22.2. The molecule has 4 aromatic rings. The number of fused-ring (bicyclic) bond motifs is 2. The molecule has 0 saturated carbocycles. The summed E-state index contributed by atoms with van der Waals surface area (Å²) in [6.45, 7) is 4.46. The third-order valence-electron chi connectivity index (χ3n) is 9.38. The Morgan fingerprint density at radius 2 is 0.792 bits per heavy atom. The molecule has 252 valence electrons.